The number of carbonyl (C=O) groups excluding carboxylic acids is 1. The highest BCUT2D eigenvalue weighted by Crippen LogP contribution is 2.28. The SMILES string of the molecule is COC(=O)c1ccccc1NC1CCCCC1CN. The smallest absolute Gasteiger partial charge is 0.339 e. The Bertz CT molecular complexity index is 434. The molecule has 0 heterocycles. The number of hydrogen-bond donors (Lipinski definition) is 2. The van der Waals surface area contributed by atoms with Crippen molar-refractivity contribution in [2.45, 2.75) is 31.7 Å². The van der Waals surface area contributed by atoms with Crippen LogP contribution in [0.15, 0.2) is 24.3 Å². The Kier molecular flexibility index (Phi) is 4.80. The molecule has 104 valence electrons. The highest BCUT2D eigenvalue weighted by molar-refractivity contribution is 5.95. The van der Waals surface area contributed by atoms with Gasteiger partial charge in [-0.1, -0.05) is 25.0 Å². The number of hydrogen-bond acceptors (Lipinski definition) is 4. The third-order valence-electron chi connectivity index (χ3n) is 3.89. The Morgan fingerprint density at radius 1 is 1.37 bits per heavy atom. The lowest BCUT2D eigenvalue weighted by Gasteiger charge is -2.32. The molecule has 0 spiro atoms. The number of carbonyl (C=O) groups is 1. The third-order valence-corrected chi connectivity index (χ3v) is 3.89. The van der Waals surface area contributed by atoms with Gasteiger partial charge in [0, 0.05) is 11.7 Å². The van der Waals surface area contributed by atoms with Gasteiger partial charge >= 0.3 is 5.97 Å². The summed E-state index contributed by atoms with van der Waals surface area (Å²) >= 11 is 0. The van der Waals surface area contributed by atoms with Crippen molar-refractivity contribution in [1.82, 2.24) is 0 Å². The van der Waals surface area contributed by atoms with Crippen molar-refractivity contribution in [2.75, 3.05) is 19.0 Å². The molecule has 19 heavy (non-hydrogen) atoms. The number of para-hydroxylation sites is 1. The quantitative estimate of drug-likeness (QED) is 0.818. The van der Waals surface area contributed by atoms with E-state index in [1.54, 1.807) is 6.07 Å². The van der Waals surface area contributed by atoms with Crippen LogP contribution in [0.5, 0.6) is 0 Å². The first-order chi connectivity index (χ1) is 9.26. The van der Waals surface area contributed by atoms with E-state index < -0.39 is 0 Å². The zero-order chi connectivity index (χ0) is 13.7. The predicted molar refractivity (Wildman–Crippen MR) is 76.2 cm³/mol. The van der Waals surface area contributed by atoms with Gasteiger partial charge in [-0.05, 0) is 37.4 Å². The topological polar surface area (TPSA) is 64.3 Å². The first-order valence-corrected chi connectivity index (χ1v) is 6.90. The molecule has 4 nitrogen and oxygen atoms in total. The van der Waals surface area contributed by atoms with Crippen LogP contribution in [0.4, 0.5) is 5.69 Å². The van der Waals surface area contributed by atoms with Gasteiger partial charge in [-0.15, -0.1) is 0 Å². The van der Waals surface area contributed by atoms with E-state index in [2.05, 4.69) is 5.32 Å². The summed E-state index contributed by atoms with van der Waals surface area (Å²) in [4.78, 5) is 11.7. The van der Waals surface area contributed by atoms with Gasteiger partial charge in [-0.25, -0.2) is 4.79 Å². The zero-order valence-corrected chi connectivity index (χ0v) is 11.4. The second-order valence-corrected chi connectivity index (χ2v) is 5.07. The summed E-state index contributed by atoms with van der Waals surface area (Å²) in [6.07, 6.45) is 4.74. The third kappa shape index (κ3) is 3.26. The highest BCUT2D eigenvalue weighted by atomic mass is 16.5. The van der Waals surface area contributed by atoms with Crippen LogP contribution in [-0.2, 0) is 4.74 Å². The number of ether oxygens (including phenoxy) is 1. The van der Waals surface area contributed by atoms with E-state index in [1.807, 2.05) is 18.2 Å². The van der Waals surface area contributed by atoms with Crippen molar-refractivity contribution in [2.24, 2.45) is 11.7 Å². The van der Waals surface area contributed by atoms with Crippen molar-refractivity contribution < 1.29 is 9.53 Å². The highest BCUT2D eigenvalue weighted by Gasteiger charge is 2.25. The maximum absolute atomic E-state index is 11.7. The summed E-state index contributed by atoms with van der Waals surface area (Å²) in [5, 5.41) is 3.48. The molecule has 4 heteroatoms. The lowest BCUT2D eigenvalue weighted by Crippen LogP contribution is -2.37. The molecule has 1 aromatic carbocycles. The van der Waals surface area contributed by atoms with Gasteiger partial charge in [-0.3, -0.25) is 0 Å². The normalized spacial score (nSPS) is 22.8. The molecule has 0 aliphatic heterocycles. The van der Waals surface area contributed by atoms with Crippen molar-refractivity contribution in [3.05, 3.63) is 29.8 Å². The summed E-state index contributed by atoms with van der Waals surface area (Å²) in [5.41, 5.74) is 7.28. The van der Waals surface area contributed by atoms with Crippen LogP contribution in [-0.4, -0.2) is 25.7 Å². The first kappa shape index (κ1) is 13.9. The molecule has 0 amide bonds. The number of nitrogens with one attached hydrogen (secondary N) is 1. The maximum Gasteiger partial charge on any atom is 0.339 e. The van der Waals surface area contributed by atoms with Crippen LogP contribution < -0.4 is 11.1 Å². The van der Waals surface area contributed by atoms with E-state index in [4.69, 9.17) is 10.5 Å². The molecular weight excluding hydrogens is 240 g/mol. The number of esters is 1. The van der Waals surface area contributed by atoms with Crippen LogP contribution in [0.2, 0.25) is 0 Å². The fraction of sp³-hybridized carbons (Fsp3) is 0.533. The Balaban J connectivity index is 2.15. The lowest BCUT2D eigenvalue weighted by atomic mass is 9.84. The van der Waals surface area contributed by atoms with E-state index in [1.165, 1.54) is 20.0 Å². The summed E-state index contributed by atoms with van der Waals surface area (Å²) in [6.45, 7) is 0.693. The molecule has 1 aliphatic rings. The summed E-state index contributed by atoms with van der Waals surface area (Å²) in [7, 11) is 1.41. The van der Waals surface area contributed by atoms with E-state index in [-0.39, 0.29) is 5.97 Å². The molecule has 2 atom stereocenters. The number of methoxy groups -OCH3 is 1. The van der Waals surface area contributed by atoms with Gasteiger partial charge < -0.3 is 15.8 Å². The standard InChI is InChI=1S/C15H22N2O2/c1-19-15(18)12-7-3-5-9-14(12)17-13-8-4-2-6-11(13)10-16/h3,5,7,9,11,13,17H,2,4,6,8,10,16H2,1H3. The van der Waals surface area contributed by atoms with Gasteiger partial charge in [0.15, 0.2) is 0 Å². The summed E-state index contributed by atoms with van der Waals surface area (Å²) < 4.78 is 4.82. The lowest BCUT2D eigenvalue weighted by molar-refractivity contribution is 0.0601. The monoisotopic (exact) mass is 262 g/mol. The number of benzene rings is 1. The minimum Gasteiger partial charge on any atom is -0.465 e. The van der Waals surface area contributed by atoms with E-state index in [0.29, 0.717) is 24.1 Å². The Morgan fingerprint density at radius 3 is 2.84 bits per heavy atom. The van der Waals surface area contributed by atoms with Crippen molar-refractivity contribution in [1.29, 1.82) is 0 Å². The first-order valence-electron chi connectivity index (χ1n) is 6.90. The molecule has 2 rings (SSSR count). The number of rotatable bonds is 4. The van der Waals surface area contributed by atoms with E-state index in [9.17, 15) is 4.79 Å². The van der Waals surface area contributed by atoms with Crippen LogP contribution >= 0.6 is 0 Å². The predicted octanol–water partition coefficient (Wildman–Crippen LogP) is 2.40. The molecular formula is C15H22N2O2. The van der Waals surface area contributed by atoms with E-state index in [0.717, 1.165) is 18.5 Å². The van der Waals surface area contributed by atoms with Crippen molar-refractivity contribution in [3.63, 3.8) is 0 Å². The Morgan fingerprint density at radius 2 is 2.11 bits per heavy atom. The van der Waals surface area contributed by atoms with Gasteiger partial charge in [0.05, 0.1) is 12.7 Å². The maximum atomic E-state index is 11.7. The Hall–Kier alpha value is -1.55. The molecule has 0 bridgehead atoms. The van der Waals surface area contributed by atoms with Gasteiger partial charge in [0.2, 0.25) is 0 Å². The number of anilines is 1. The van der Waals surface area contributed by atoms with Gasteiger partial charge in [0.1, 0.15) is 0 Å². The van der Waals surface area contributed by atoms with Gasteiger partial charge in [-0.2, -0.15) is 0 Å². The summed E-state index contributed by atoms with van der Waals surface area (Å²) in [6, 6.07) is 7.83. The molecule has 2 unspecified atom stereocenters. The minimum atomic E-state index is -0.303. The molecule has 1 saturated carbocycles. The fourth-order valence-electron chi connectivity index (χ4n) is 2.78. The van der Waals surface area contributed by atoms with Crippen LogP contribution in [0, 0.1) is 5.92 Å². The van der Waals surface area contributed by atoms with Crippen LogP contribution in [0.1, 0.15) is 36.0 Å². The molecule has 0 saturated heterocycles. The van der Waals surface area contributed by atoms with Crippen molar-refractivity contribution >= 4 is 11.7 Å². The second-order valence-electron chi connectivity index (χ2n) is 5.07. The molecule has 1 fully saturated rings. The molecule has 3 N–H and O–H groups in total. The number of nitrogens with two attached hydrogens (primary N) is 1. The largest absolute Gasteiger partial charge is 0.465 e. The molecule has 1 aliphatic carbocycles. The average molecular weight is 262 g/mol. The molecule has 0 radical (unpaired) electrons. The fourth-order valence-corrected chi connectivity index (χ4v) is 2.78. The van der Waals surface area contributed by atoms with E-state index >= 15 is 0 Å². The van der Waals surface area contributed by atoms with Crippen LogP contribution in [0.25, 0.3) is 0 Å². The molecule has 1 aromatic rings. The summed E-state index contributed by atoms with van der Waals surface area (Å²) in [5.74, 6) is 0.183. The van der Waals surface area contributed by atoms with Crippen LogP contribution in [0.3, 0.4) is 0 Å². The molecule has 0 aromatic heterocycles. The minimum absolute atomic E-state index is 0.303. The zero-order valence-electron chi connectivity index (χ0n) is 11.4. The Labute approximate surface area is 114 Å². The second kappa shape index (κ2) is 6.57. The average Bonchev–Trinajstić information content (AvgIpc) is 2.47. The van der Waals surface area contributed by atoms with Gasteiger partial charge in [0.25, 0.3) is 0 Å². The van der Waals surface area contributed by atoms with Crippen molar-refractivity contribution in [3.8, 4) is 0 Å².